The Labute approximate surface area is 155 Å². The van der Waals surface area contributed by atoms with Gasteiger partial charge in [0.05, 0.1) is 12.3 Å². The third kappa shape index (κ3) is 2.23. The van der Waals surface area contributed by atoms with Gasteiger partial charge in [0, 0.05) is 11.6 Å². The van der Waals surface area contributed by atoms with Gasteiger partial charge in [-0.2, -0.15) is 0 Å². The first-order chi connectivity index (χ1) is 13.0. The van der Waals surface area contributed by atoms with Crippen molar-refractivity contribution in [2.24, 2.45) is 0 Å². The summed E-state index contributed by atoms with van der Waals surface area (Å²) in [5.41, 5.74) is 3.21. The van der Waals surface area contributed by atoms with Crippen molar-refractivity contribution in [3.63, 3.8) is 0 Å². The average Bonchev–Trinajstić information content (AvgIpc) is 3.18. The Kier molecular flexibility index (Phi) is 3.64. The van der Waals surface area contributed by atoms with Gasteiger partial charge in [0.25, 0.3) is 0 Å². The van der Waals surface area contributed by atoms with Crippen molar-refractivity contribution in [2.45, 2.75) is 43.8 Å². The molecule has 1 aliphatic heterocycles. The quantitative estimate of drug-likeness (QED) is 0.638. The monoisotopic (exact) mass is 367 g/mol. The summed E-state index contributed by atoms with van der Waals surface area (Å²) in [4.78, 5) is 8.48. The number of hydrogen-bond donors (Lipinski definition) is 3. The van der Waals surface area contributed by atoms with Gasteiger partial charge in [-0.15, -0.1) is 0 Å². The molecule has 3 unspecified atom stereocenters. The van der Waals surface area contributed by atoms with Gasteiger partial charge in [-0.05, 0) is 42.5 Å². The fourth-order valence-corrected chi connectivity index (χ4v) is 4.23. The summed E-state index contributed by atoms with van der Waals surface area (Å²) >= 11 is 0. The maximum atomic E-state index is 10.9. The van der Waals surface area contributed by atoms with Gasteiger partial charge >= 0.3 is 0 Å². The summed E-state index contributed by atoms with van der Waals surface area (Å²) in [7, 11) is 0. The smallest absolute Gasteiger partial charge is 0.165 e. The molecule has 0 radical (unpaired) electrons. The Morgan fingerprint density at radius 1 is 1.19 bits per heavy atom. The number of aromatic nitrogens is 3. The molecule has 3 aromatic rings. The summed E-state index contributed by atoms with van der Waals surface area (Å²) in [6, 6.07) is 7.69. The molecule has 2 aliphatic rings. The summed E-state index contributed by atoms with van der Waals surface area (Å²) < 4.78 is 7.86. The van der Waals surface area contributed by atoms with Crippen molar-refractivity contribution in [3.8, 4) is 0 Å². The number of aliphatic hydroxyl groups is 3. The Hall–Kier alpha value is -2.32. The van der Waals surface area contributed by atoms with E-state index in [2.05, 4.69) is 9.97 Å². The third-order valence-corrected chi connectivity index (χ3v) is 6.00. The summed E-state index contributed by atoms with van der Waals surface area (Å²) in [6.07, 6.45) is 1.89. The lowest BCUT2D eigenvalue weighted by atomic mass is 9.81. The number of hydrogen-bond acceptors (Lipinski definition) is 6. The summed E-state index contributed by atoms with van der Waals surface area (Å²) in [6.45, 7) is 1.45. The largest absolute Gasteiger partial charge is 0.393 e. The van der Waals surface area contributed by atoms with Gasteiger partial charge in [-0.3, -0.25) is 0 Å². The lowest BCUT2D eigenvalue weighted by Gasteiger charge is -2.32. The van der Waals surface area contributed by atoms with Crippen LogP contribution >= 0.6 is 0 Å². The highest BCUT2D eigenvalue weighted by Gasteiger charge is 2.56. The van der Waals surface area contributed by atoms with Gasteiger partial charge in [-0.1, -0.05) is 18.2 Å². The van der Waals surface area contributed by atoms with Gasteiger partial charge in [0.2, 0.25) is 0 Å². The second kappa shape index (κ2) is 5.84. The van der Waals surface area contributed by atoms with Crippen LogP contribution in [0.3, 0.4) is 0 Å². The summed E-state index contributed by atoms with van der Waals surface area (Å²) in [5.74, 6) is 0. The molecule has 2 aromatic heterocycles. The predicted octanol–water partition coefficient (Wildman–Crippen LogP) is 0.977. The molecule has 0 bridgehead atoms. The second-order valence-electron chi connectivity index (χ2n) is 7.39. The van der Waals surface area contributed by atoms with Crippen LogP contribution in [0.25, 0.3) is 11.0 Å². The molecule has 7 nitrogen and oxygen atoms in total. The predicted molar refractivity (Wildman–Crippen MR) is 97.0 cm³/mol. The normalized spacial score (nSPS) is 29.7. The van der Waals surface area contributed by atoms with Crippen molar-refractivity contribution in [3.05, 3.63) is 59.2 Å². The maximum Gasteiger partial charge on any atom is 0.165 e. The highest BCUT2D eigenvalue weighted by atomic mass is 16.6. The lowest BCUT2D eigenvalue weighted by molar-refractivity contribution is -0.133. The SMILES string of the molecule is Cc1ncnc2c1ccn2C1O[C@@](CO)(c2ccc3c(c2)CC3)C(O)C1O. The van der Waals surface area contributed by atoms with Gasteiger partial charge < -0.3 is 24.6 Å². The van der Waals surface area contributed by atoms with E-state index >= 15 is 0 Å². The number of aryl methyl sites for hydroxylation is 3. The number of nitrogens with zero attached hydrogens (tertiary/aromatic N) is 3. The molecule has 1 saturated heterocycles. The number of ether oxygens (including phenoxy) is 1. The Bertz CT molecular complexity index is 1030. The molecular formula is C20H21N3O4. The van der Waals surface area contributed by atoms with Crippen LogP contribution in [0, 0.1) is 6.92 Å². The number of fused-ring (bicyclic) bond motifs is 2. The van der Waals surface area contributed by atoms with Crippen LogP contribution in [-0.4, -0.2) is 48.7 Å². The molecule has 5 rings (SSSR count). The van der Waals surface area contributed by atoms with E-state index in [1.54, 1.807) is 10.8 Å². The van der Waals surface area contributed by atoms with Crippen LogP contribution in [0.15, 0.2) is 36.8 Å². The Morgan fingerprint density at radius 3 is 2.70 bits per heavy atom. The van der Waals surface area contributed by atoms with Crippen LogP contribution < -0.4 is 0 Å². The number of rotatable bonds is 3. The Balaban J connectivity index is 1.59. The fourth-order valence-electron chi connectivity index (χ4n) is 4.23. The van der Waals surface area contributed by atoms with Crippen molar-refractivity contribution < 1.29 is 20.1 Å². The van der Waals surface area contributed by atoms with E-state index in [1.807, 2.05) is 31.2 Å². The summed E-state index contributed by atoms with van der Waals surface area (Å²) in [5, 5.41) is 32.7. The van der Waals surface area contributed by atoms with Crippen LogP contribution in [0.2, 0.25) is 0 Å². The zero-order valence-electron chi connectivity index (χ0n) is 14.9. The van der Waals surface area contributed by atoms with Crippen molar-refractivity contribution in [1.82, 2.24) is 14.5 Å². The van der Waals surface area contributed by atoms with E-state index in [4.69, 9.17) is 4.74 Å². The molecule has 140 valence electrons. The van der Waals surface area contributed by atoms with E-state index in [-0.39, 0.29) is 0 Å². The first kappa shape index (κ1) is 16.8. The van der Waals surface area contributed by atoms with Gasteiger partial charge in [0.1, 0.15) is 29.8 Å². The lowest BCUT2D eigenvalue weighted by Crippen LogP contribution is -2.44. The molecule has 27 heavy (non-hydrogen) atoms. The van der Waals surface area contributed by atoms with E-state index in [0.29, 0.717) is 11.2 Å². The third-order valence-electron chi connectivity index (χ3n) is 6.00. The minimum atomic E-state index is -1.38. The minimum absolute atomic E-state index is 0.437. The standard InChI is InChI=1S/C20H21N3O4/c1-11-15-6-7-23(18(15)22-10-21-11)19-16(25)17(26)20(9-24,27-19)14-5-4-12-2-3-13(12)8-14/h4-8,10,16-17,19,24-26H,2-3,9H2,1H3/t16?,17?,19?,20-/m0/s1. The first-order valence-electron chi connectivity index (χ1n) is 9.10. The van der Waals surface area contributed by atoms with Crippen LogP contribution in [0.4, 0.5) is 0 Å². The molecule has 7 heteroatoms. The van der Waals surface area contributed by atoms with E-state index < -0.39 is 30.6 Å². The molecule has 1 fully saturated rings. The van der Waals surface area contributed by atoms with Crippen LogP contribution in [0.1, 0.15) is 28.6 Å². The highest BCUT2D eigenvalue weighted by Crippen LogP contribution is 2.45. The fraction of sp³-hybridized carbons (Fsp3) is 0.400. The zero-order chi connectivity index (χ0) is 18.8. The Morgan fingerprint density at radius 2 is 2.00 bits per heavy atom. The molecule has 3 N–H and O–H groups in total. The molecule has 0 saturated carbocycles. The van der Waals surface area contributed by atoms with Crippen molar-refractivity contribution >= 4 is 11.0 Å². The highest BCUT2D eigenvalue weighted by molar-refractivity contribution is 5.78. The molecule has 1 aromatic carbocycles. The van der Waals surface area contributed by atoms with E-state index in [1.165, 1.54) is 17.5 Å². The topological polar surface area (TPSA) is 101 Å². The first-order valence-corrected chi connectivity index (χ1v) is 9.10. The molecule has 4 atom stereocenters. The molecule has 3 heterocycles. The van der Waals surface area contributed by atoms with Crippen LogP contribution in [0.5, 0.6) is 0 Å². The molecule has 0 spiro atoms. The van der Waals surface area contributed by atoms with E-state index in [9.17, 15) is 15.3 Å². The number of aliphatic hydroxyl groups excluding tert-OH is 3. The average molecular weight is 367 g/mol. The van der Waals surface area contributed by atoms with Crippen molar-refractivity contribution in [1.29, 1.82) is 0 Å². The second-order valence-corrected chi connectivity index (χ2v) is 7.39. The molecular weight excluding hydrogens is 346 g/mol. The molecule has 1 aliphatic carbocycles. The molecule has 0 amide bonds. The van der Waals surface area contributed by atoms with E-state index in [0.717, 1.165) is 23.9 Å². The minimum Gasteiger partial charge on any atom is -0.393 e. The van der Waals surface area contributed by atoms with Gasteiger partial charge in [0.15, 0.2) is 6.23 Å². The van der Waals surface area contributed by atoms with Crippen LogP contribution in [-0.2, 0) is 23.2 Å². The number of benzene rings is 1. The zero-order valence-corrected chi connectivity index (χ0v) is 14.9. The van der Waals surface area contributed by atoms with Gasteiger partial charge in [-0.25, -0.2) is 9.97 Å². The maximum absolute atomic E-state index is 10.9. The van der Waals surface area contributed by atoms with Crippen molar-refractivity contribution in [2.75, 3.05) is 6.61 Å².